The van der Waals surface area contributed by atoms with Crippen molar-refractivity contribution < 1.29 is 14.3 Å². The molecule has 0 atom stereocenters. The minimum atomic E-state index is -0.182. The van der Waals surface area contributed by atoms with E-state index in [4.69, 9.17) is 4.74 Å². The van der Waals surface area contributed by atoms with Gasteiger partial charge in [0.1, 0.15) is 5.75 Å². The summed E-state index contributed by atoms with van der Waals surface area (Å²) in [5.41, 5.74) is 3.08. The van der Waals surface area contributed by atoms with Gasteiger partial charge in [0.2, 0.25) is 5.91 Å². The van der Waals surface area contributed by atoms with Crippen molar-refractivity contribution in [1.29, 1.82) is 0 Å². The zero-order valence-electron chi connectivity index (χ0n) is 14.7. The van der Waals surface area contributed by atoms with E-state index in [9.17, 15) is 9.59 Å². The summed E-state index contributed by atoms with van der Waals surface area (Å²) in [4.78, 5) is 26.0. The van der Waals surface area contributed by atoms with E-state index in [0.29, 0.717) is 41.6 Å². The van der Waals surface area contributed by atoms with Crippen LogP contribution in [0.15, 0.2) is 42.5 Å². The number of carbonyl (C=O) groups is 2. The summed E-state index contributed by atoms with van der Waals surface area (Å²) in [6, 6.07) is 12.9. The van der Waals surface area contributed by atoms with E-state index in [1.165, 1.54) is 5.56 Å². The van der Waals surface area contributed by atoms with Crippen LogP contribution in [0.25, 0.3) is 0 Å². The fraction of sp³-hybridized carbons (Fsp3) is 0.300. The summed E-state index contributed by atoms with van der Waals surface area (Å²) >= 11 is 0. The molecule has 0 aromatic heterocycles. The van der Waals surface area contributed by atoms with E-state index in [0.717, 1.165) is 0 Å². The maximum absolute atomic E-state index is 12.5. The Kier molecular flexibility index (Phi) is 4.74. The van der Waals surface area contributed by atoms with Crippen LogP contribution in [-0.2, 0) is 4.79 Å². The first-order valence-corrected chi connectivity index (χ1v) is 8.40. The highest BCUT2D eigenvalue weighted by molar-refractivity contribution is 6.05. The Bertz CT molecular complexity index is 797. The molecule has 0 spiro atoms. The number of hydrogen-bond donors (Lipinski definition) is 1. The van der Waals surface area contributed by atoms with Gasteiger partial charge in [-0.3, -0.25) is 9.59 Å². The molecule has 0 radical (unpaired) electrons. The number of anilines is 2. The lowest BCUT2D eigenvalue weighted by molar-refractivity contribution is -0.118. The molecule has 25 heavy (non-hydrogen) atoms. The van der Waals surface area contributed by atoms with E-state index in [-0.39, 0.29) is 11.8 Å². The van der Waals surface area contributed by atoms with Crippen molar-refractivity contribution in [2.24, 2.45) is 0 Å². The molecule has 0 fully saturated rings. The molecule has 0 saturated carbocycles. The lowest BCUT2D eigenvalue weighted by atomic mass is 10.0. The molecule has 3 rings (SSSR count). The van der Waals surface area contributed by atoms with Crippen molar-refractivity contribution in [3.8, 4) is 5.75 Å². The van der Waals surface area contributed by atoms with Crippen LogP contribution in [0.4, 0.5) is 11.4 Å². The zero-order valence-corrected chi connectivity index (χ0v) is 14.7. The normalized spacial score (nSPS) is 13.9. The zero-order chi connectivity index (χ0) is 18.0. The van der Waals surface area contributed by atoms with Crippen LogP contribution in [0.5, 0.6) is 5.75 Å². The summed E-state index contributed by atoms with van der Waals surface area (Å²) < 4.78 is 5.59. The summed E-state index contributed by atoms with van der Waals surface area (Å²) in [5, 5.41) is 2.88. The molecule has 0 aliphatic carbocycles. The Balaban J connectivity index is 1.80. The Labute approximate surface area is 147 Å². The molecular formula is C20H22N2O3. The number of carbonyl (C=O) groups excluding carboxylic acids is 2. The van der Waals surface area contributed by atoms with Crippen LogP contribution in [0.2, 0.25) is 0 Å². The largest absolute Gasteiger partial charge is 0.491 e. The van der Waals surface area contributed by atoms with Gasteiger partial charge in [0.15, 0.2) is 0 Å². The molecule has 1 heterocycles. The molecule has 0 bridgehead atoms. The Morgan fingerprint density at radius 1 is 1.16 bits per heavy atom. The fourth-order valence-corrected chi connectivity index (χ4v) is 2.75. The van der Waals surface area contributed by atoms with Gasteiger partial charge in [-0.25, -0.2) is 0 Å². The summed E-state index contributed by atoms with van der Waals surface area (Å²) in [7, 11) is 1.71. The number of amides is 2. The summed E-state index contributed by atoms with van der Waals surface area (Å²) in [5.74, 6) is 0.882. The topological polar surface area (TPSA) is 58.6 Å². The monoisotopic (exact) mass is 338 g/mol. The van der Waals surface area contributed by atoms with Crippen LogP contribution in [0.3, 0.4) is 0 Å². The van der Waals surface area contributed by atoms with Gasteiger partial charge in [-0.05, 0) is 41.8 Å². The molecule has 5 heteroatoms. The molecule has 2 aromatic rings. The average Bonchev–Trinajstić information content (AvgIpc) is 2.74. The van der Waals surface area contributed by atoms with Gasteiger partial charge in [-0.1, -0.05) is 26.0 Å². The molecule has 2 aromatic carbocycles. The van der Waals surface area contributed by atoms with Gasteiger partial charge in [-0.15, -0.1) is 0 Å². The van der Waals surface area contributed by atoms with Gasteiger partial charge in [-0.2, -0.15) is 0 Å². The number of benzene rings is 2. The third-order valence-electron chi connectivity index (χ3n) is 4.37. The standard InChI is InChI=1S/C20H22N2O3/c1-13(2)14-4-6-15(7-5-14)20(24)21-16-8-9-18-17(12-16)22(3)19(23)10-11-25-18/h4-9,12-13H,10-11H2,1-3H3,(H,21,24). The Morgan fingerprint density at radius 3 is 2.56 bits per heavy atom. The second kappa shape index (κ2) is 6.97. The van der Waals surface area contributed by atoms with Gasteiger partial charge < -0.3 is 15.0 Å². The van der Waals surface area contributed by atoms with Gasteiger partial charge >= 0.3 is 0 Å². The van der Waals surface area contributed by atoms with Crippen LogP contribution in [0.1, 0.15) is 42.1 Å². The number of nitrogens with zero attached hydrogens (tertiary/aromatic N) is 1. The van der Waals surface area contributed by atoms with Crippen LogP contribution in [0, 0.1) is 0 Å². The highest BCUT2D eigenvalue weighted by Gasteiger charge is 2.20. The van der Waals surface area contributed by atoms with Crippen molar-refractivity contribution in [3.05, 3.63) is 53.6 Å². The van der Waals surface area contributed by atoms with Gasteiger partial charge in [0, 0.05) is 18.3 Å². The highest BCUT2D eigenvalue weighted by Crippen LogP contribution is 2.33. The maximum Gasteiger partial charge on any atom is 0.255 e. The number of hydrogen-bond acceptors (Lipinski definition) is 3. The SMILES string of the molecule is CC(C)c1ccc(C(=O)Nc2ccc3c(c2)N(C)C(=O)CCO3)cc1. The third-order valence-corrected chi connectivity index (χ3v) is 4.37. The summed E-state index contributed by atoms with van der Waals surface area (Å²) in [6.45, 7) is 4.60. The smallest absolute Gasteiger partial charge is 0.255 e. The predicted molar refractivity (Wildman–Crippen MR) is 98.4 cm³/mol. The quantitative estimate of drug-likeness (QED) is 0.926. The minimum Gasteiger partial charge on any atom is -0.491 e. The average molecular weight is 338 g/mol. The molecule has 1 aliphatic heterocycles. The van der Waals surface area contributed by atoms with E-state index in [1.807, 2.05) is 24.3 Å². The van der Waals surface area contributed by atoms with Gasteiger partial charge in [0.25, 0.3) is 5.91 Å². The fourth-order valence-electron chi connectivity index (χ4n) is 2.75. The molecule has 0 saturated heterocycles. The van der Waals surface area contributed by atoms with Crippen molar-refractivity contribution in [1.82, 2.24) is 0 Å². The van der Waals surface area contributed by atoms with Crippen LogP contribution < -0.4 is 15.0 Å². The second-order valence-corrected chi connectivity index (χ2v) is 6.46. The molecule has 0 unspecified atom stereocenters. The third kappa shape index (κ3) is 3.65. The van der Waals surface area contributed by atoms with E-state index in [1.54, 1.807) is 30.1 Å². The molecule has 1 N–H and O–H groups in total. The molecular weight excluding hydrogens is 316 g/mol. The van der Waals surface area contributed by atoms with Gasteiger partial charge in [0.05, 0.1) is 18.7 Å². The Hall–Kier alpha value is -2.82. The molecule has 1 aliphatic rings. The lowest BCUT2D eigenvalue weighted by Crippen LogP contribution is -2.25. The van der Waals surface area contributed by atoms with Crippen molar-refractivity contribution in [3.63, 3.8) is 0 Å². The lowest BCUT2D eigenvalue weighted by Gasteiger charge is -2.17. The van der Waals surface area contributed by atoms with Crippen LogP contribution >= 0.6 is 0 Å². The first-order valence-electron chi connectivity index (χ1n) is 8.40. The van der Waals surface area contributed by atoms with E-state index < -0.39 is 0 Å². The predicted octanol–water partition coefficient (Wildman–Crippen LogP) is 3.81. The van der Waals surface area contributed by atoms with Crippen LogP contribution in [-0.4, -0.2) is 25.5 Å². The molecule has 130 valence electrons. The Morgan fingerprint density at radius 2 is 1.88 bits per heavy atom. The molecule has 5 nitrogen and oxygen atoms in total. The second-order valence-electron chi connectivity index (χ2n) is 6.46. The van der Waals surface area contributed by atoms with E-state index >= 15 is 0 Å². The van der Waals surface area contributed by atoms with Crippen molar-refractivity contribution in [2.45, 2.75) is 26.2 Å². The maximum atomic E-state index is 12.5. The number of fused-ring (bicyclic) bond motifs is 1. The highest BCUT2D eigenvalue weighted by atomic mass is 16.5. The van der Waals surface area contributed by atoms with Crippen molar-refractivity contribution in [2.75, 3.05) is 23.9 Å². The number of rotatable bonds is 3. The summed E-state index contributed by atoms with van der Waals surface area (Å²) in [6.07, 6.45) is 0.342. The molecule has 2 amide bonds. The van der Waals surface area contributed by atoms with Crippen molar-refractivity contribution >= 4 is 23.2 Å². The first-order chi connectivity index (χ1) is 12.0. The number of ether oxygens (including phenoxy) is 1. The number of nitrogens with one attached hydrogen (secondary N) is 1. The minimum absolute atomic E-state index is 0.00787. The van der Waals surface area contributed by atoms with E-state index in [2.05, 4.69) is 19.2 Å². The first kappa shape index (κ1) is 17.0.